The number of aromatic nitrogens is 2. The van der Waals surface area contributed by atoms with E-state index in [4.69, 9.17) is 0 Å². The van der Waals surface area contributed by atoms with E-state index in [-0.39, 0.29) is 11.8 Å². The molecule has 7 heteroatoms. The third-order valence-corrected chi connectivity index (χ3v) is 7.03. The lowest BCUT2D eigenvalue weighted by atomic mass is 9.74. The summed E-state index contributed by atoms with van der Waals surface area (Å²) in [7, 11) is 1.88. The average molecular weight is 394 g/mol. The largest absolute Gasteiger partial charge is 0.380 e. The maximum atomic E-state index is 13.6. The number of fused-ring (bicyclic) bond motifs is 2. The Labute approximate surface area is 169 Å². The molecule has 1 aliphatic carbocycles. The molecular weight excluding hydrogens is 368 g/mol. The van der Waals surface area contributed by atoms with Crippen molar-refractivity contribution < 1.29 is 14.7 Å². The zero-order valence-corrected chi connectivity index (χ0v) is 16.6. The normalized spacial score (nSPS) is 27.9. The molecular formula is C22H26N4O3. The van der Waals surface area contributed by atoms with Crippen LogP contribution in [0.1, 0.15) is 56.0 Å². The minimum atomic E-state index is -1.35. The van der Waals surface area contributed by atoms with E-state index in [1.54, 1.807) is 11.1 Å². The number of hydrogen-bond acceptors (Lipinski definition) is 4. The van der Waals surface area contributed by atoms with Gasteiger partial charge in [0.1, 0.15) is 22.9 Å². The van der Waals surface area contributed by atoms with E-state index in [9.17, 15) is 14.7 Å². The molecule has 3 aliphatic rings. The van der Waals surface area contributed by atoms with Crippen LogP contribution in [0.4, 0.5) is 5.69 Å². The first-order chi connectivity index (χ1) is 14.0. The van der Waals surface area contributed by atoms with Gasteiger partial charge in [-0.15, -0.1) is 0 Å². The summed E-state index contributed by atoms with van der Waals surface area (Å²) in [5, 5.41) is 14.2. The first-order valence-corrected chi connectivity index (χ1v) is 10.4. The van der Waals surface area contributed by atoms with Gasteiger partial charge in [0.2, 0.25) is 5.91 Å². The van der Waals surface area contributed by atoms with Crippen molar-refractivity contribution in [2.45, 2.75) is 55.6 Å². The Hall–Kier alpha value is -2.67. The molecule has 0 unspecified atom stereocenters. The van der Waals surface area contributed by atoms with Gasteiger partial charge < -0.3 is 19.9 Å². The Morgan fingerprint density at radius 3 is 2.69 bits per heavy atom. The minimum absolute atomic E-state index is 0.0994. The molecule has 2 aromatic rings. The Bertz CT molecular complexity index is 978. The molecule has 1 aromatic heterocycles. The average Bonchev–Trinajstić information content (AvgIpc) is 3.39. The third-order valence-electron chi connectivity index (χ3n) is 7.03. The fourth-order valence-corrected chi connectivity index (χ4v) is 5.52. The van der Waals surface area contributed by atoms with Crippen LogP contribution in [0.2, 0.25) is 0 Å². The van der Waals surface area contributed by atoms with Gasteiger partial charge in [0, 0.05) is 31.7 Å². The molecule has 1 saturated carbocycles. The maximum absolute atomic E-state index is 13.6. The number of nitrogens with zero attached hydrogens (tertiary/aromatic N) is 3. The van der Waals surface area contributed by atoms with Gasteiger partial charge in [-0.1, -0.05) is 37.5 Å². The highest BCUT2D eigenvalue weighted by Gasteiger charge is 2.62. The Kier molecular flexibility index (Phi) is 4.07. The van der Waals surface area contributed by atoms with Crippen molar-refractivity contribution >= 4 is 17.5 Å². The summed E-state index contributed by atoms with van der Waals surface area (Å²) in [6.07, 6.45) is 7.72. The van der Waals surface area contributed by atoms with Crippen LogP contribution in [-0.2, 0) is 22.1 Å². The van der Waals surface area contributed by atoms with Gasteiger partial charge in [-0.25, -0.2) is 4.98 Å². The molecule has 29 heavy (non-hydrogen) atoms. The summed E-state index contributed by atoms with van der Waals surface area (Å²) in [6, 6.07) is 7.14. The van der Waals surface area contributed by atoms with E-state index in [2.05, 4.69) is 10.3 Å². The fraction of sp³-hybridized carbons (Fsp3) is 0.500. The summed E-state index contributed by atoms with van der Waals surface area (Å²) < 4.78 is 1.87. The summed E-state index contributed by atoms with van der Waals surface area (Å²) in [5.41, 5.74) is -0.538. The fourth-order valence-electron chi connectivity index (χ4n) is 5.52. The number of carbonyl (C=O) groups is 2. The van der Waals surface area contributed by atoms with Crippen LogP contribution in [0.15, 0.2) is 36.7 Å². The Morgan fingerprint density at radius 1 is 1.21 bits per heavy atom. The highest BCUT2D eigenvalue weighted by Crippen LogP contribution is 2.55. The minimum Gasteiger partial charge on any atom is -0.380 e. The van der Waals surface area contributed by atoms with Crippen molar-refractivity contribution in [2.75, 3.05) is 11.9 Å². The molecule has 152 valence electrons. The summed E-state index contributed by atoms with van der Waals surface area (Å²) in [6.45, 7) is 0.417. The quantitative estimate of drug-likeness (QED) is 0.818. The molecule has 2 aliphatic heterocycles. The van der Waals surface area contributed by atoms with Gasteiger partial charge in [0.25, 0.3) is 5.91 Å². The van der Waals surface area contributed by atoms with Gasteiger partial charge in [-0.2, -0.15) is 0 Å². The van der Waals surface area contributed by atoms with Gasteiger partial charge in [0.15, 0.2) is 0 Å². The van der Waals surface area contributed by atoms with Crippen LogP contribution in [-0.4, -0.2) is 43.5 Å². The molecule has 2 fully saturated rings. The topological polar surface area (TPSA) is 87.5 Å². The number of amides is 2. The van der Waals surface area contributed by atoms with Crippen molar-refractivity contribution in [3.8, 4) is 0 Å². The number of rotatable bonds is 2. The predicted octanol–water partition coefficient (Wildman–Crippen LogP) is 2.28. The van der Waals surface area contributed by atoms with Crippen molar-refractivity contribution in [2.24, 2.45) is 7.05 Å². The molecule has 2 N–H and O–H groups in total. The lowest BCUT2D eigenvalue weighted by molar-refractivity contribution is -0.156. The number of likely N-dealkylation sites (tertiary alicyclic amines) is 1. The monoisotopic (exact) mass is 394 g/mol. The smallest absolute Gasteiger partial charge is 0.255 e. The van der Waals surface area contributed by atoms with Gasteiger partial charge in [-0.3, -0.25) is 9.59 Å². The second kappa shape index (κ2) is 6.42. The number of aliphatic hydroxyl groups is 1. The molecule has 1 aromatic carbocycles. The molecule has 1 spiro atoms. The first-order valence-electron chi connectivity index (χ1n) is 10.4. The van der Waals surface area contributed by atoms with E-state index in [0.29, 0.717) is 31.6 Å². The van der Waals surface area contributed by atoms with Crippen LogP contribution in [0, 0.1) is 0 Å². The van der Waals surface area contributed by atoms with Crippen LogP contribution < -0.4 is 5.32 Å². The number of carbonyl (C=O) groups excluding carboxylic acids is 2. The lowest BCUT2D eigenvalue weighted by Gasteiger charge is -2.39. The molecule has 1 saturated heterocycles. The Balaban J connectivity index is 1.64. The molecule has 3 heterocycles. The van der Waals surface area contributed by atoms with Crippen LogP contribution >= 0.6 is 0 Å². The lowest BCUT2D eigenvalue weighted by Crippen LogP contribution is -2.52. The number of aryl methyl sites for hydroxylation is 1. The van der Waals surface area contributed by atoms with Crippen LogP contribution in [0.5, 0.6) is 0 Å². The second-order valence-corrected chi connectivity index (χ2v) is 8.61. The standard InChI is InChI=1S/C22H26N4O3/c1-25-14-12-23-18(25)17-22(15-7-3-4-8-16(15)24-19(22)27)11-13-26(17)20(28)21(29)9-5-2-6-10-21/h3-4,7-8,12,14,17,29H,2,5-6,9-11,13H2,1H3,(H,24,27)/t17-,22+/m0/s1. The van der Waals surface area contributed by atoms with Gasteiger partial charge in [0.05, 0.1) is 0 Å². The zero-order valence-electron chi connectivity index (χ0n) is 16.6. The van der Waals surface area contributed by atoms with Crippen molar-refractivity contribution in [3.05, 3.63) is 48.0 Å². The van der Waals surface area contributed by atoms with Crippen LogP contribution in [0.25, 0.3) is 0 Å². The predicted molar refractivity (Wildman–Crippen MR) is 107 cm³/mol. The number of anilines is 1. The molecule has 2 atom stereocenters. The SMILES string of the molecule is Cn1ccnc1[C@@H]1N(C(=O)C2(O)CCCCC2)CC[C@]12C(=O)Nc1ccccc12. The van der Waals surface area contributed by atoms with E-state index < -0.39 is 17.1 Å². The third kappa shape index (κ3) is 2.50. The summed E-state index contributed by atoms with van der Waals surface area (Å²) >= 11 is 0. The van der Waals surface area contributed by atoms with E-state index in [1.165, 1.54) is 0 Å². The molecule has 5 rings (SSSR count). The van der Waals surface area contributed by atoms with Gasteiger partial charge >= 0.3 is 0 Å². The molecule has 7 nitrogen and oxygen atoms in total. The highest BCUT2D eigenvalue weighted by atomic mass is 16.3. The zero-order chi connectivity index (χ0) is 20.2. The number of nitrogens with one attached hydrogen (secondary N) is 1. The first kappa shape index (κ1) is 18.4. The second-order valence-electron chi connectivity index (χ2n) is 8.61. The van der Waals surface area contributed by atoms with Crippen molar-refractivity contribution in [1.82, 2.24) is 14.5 Å². The van der Waals surface area contributed by atoms with E-state index in [0.717, 1.165) is 30.5 Å². The van der Waals surface area contributed by atoms with Gasteiger partial charge in [-0.05, 0) is 30.9 Å². The maximum Gasteiger partial charge on any atom is 0.255 e. The Morgan fingerprint density at radius 2 is 1.97 bits per heavy atom. The van der Waals surface area contributed by atoms with Crippen molar-refractivity contribution in [1.29, 1.82) is 0 Å². The number of para-hydroxylation sites is 1. The van der Waals surface area contributed by atoms with E-state index >= 15 is 0 Å². The van der Waals surface area contributed by atoms with Crippen LogP contribution in [0.3, 0.4) is 0 Å². The highest BCUT2D eigenvalue weighted by molar-refractivity contribution is 6.07. The number of benzene rings is 1. The molecule has 0 bridgehead atoms. The molecule has 2 amide bonds. The number of imidazole rings is 1. The number of hydrogen-bond donors (Lipinski definition) is 2. The van der Waals surface area contributed by atoms with Crippen molar-refractivity contribution in [3.63, 3.8) is 0 Å². The summed E-state index contributed by atoms with van der Waals surface area (Å²) in [5.74, 6) is 0.305. The molecule has 0 radical (unpaired) electrons. The summed E-state index contributed by atoms with van der Waals surface area (Å²) in [4.78, 5) is 33.2. The van der Waals surface area contributed by atoms with E-state index in [1.807, 2.05) is 42.1 Å².